The molecular weight excluding hydrogens is 362 g/mol. The number of hydrogen-bond donors (Lipinski definition) is 2. The maximum Gasteiger partial charge on any atom is 0.271 e. The van der Waals surface area contributed by atoms with E-state index in [1.165, 1.54) is 25.2 Å². The summed E-state index contributed by atoms with van der Waals surface area (Å²) in [5, 5.41) is 1.84. The summed E-state index contributed by atoms with van der Waals surface area (Å²) >= 11 is 6.08. The van der Waals surface area contributed by atoms with Crippen LogP contribution >= 0.6 is 11.6 Å². The molecule has 2 aromatic carbocycles. The third kappa shape index (κ3) is 4.50. The van der Waals surface area contributed by atoms with Gasteiger partial charge in [-0.15, -0.1) is 0 Å². The Kier molecular flexibility index (Phi) is 6.05. The van der Waals surface area contributed by atoms with Crippen molar-refractivity contribution in [3.8, 4) is 0 Å². The van der Waals surface area contributed by atoms with Gasteiger partial charge in [-0.25, -0.2) is 13.1 Å². The molecule has 134 valence electrons. The first-order chi connectivity index (χ1) is 11.8. The lowest BCUT2D eigenvalue weighted by Crippen LogP contribution is -2.42. The number of halogens is 1. The average Bonchev–Trinajstić information content (AvgIpc) is 2.60. The zero-order chi connectivity index (χ0) is 18.6. The summed E-state index contributed by atoms with van der Waals surface area (Å²) < 4.78 is 26.1. The standard InChI is InChI=1S/C17H20ClN3O3S/c1-4-21(13-7-5-12(2)6-8-13)20-17(22)15-11-14(9-10-16(15)18)25(23,24)19-3/h5-11,19H,4H2,1-3H3,(H,20,22). The molecule has 0 saturated carbocycles. The fourth-order valence-corrected chi connectivity index (χ4v) is 3.16. The zero-order valence-electron chi connectivity index (χ0n) is 14.2. The molecule has 0 aromatic heterocycles. The number of nitrogens with zero attached hydrogens (tertiary/aromatic N) is 1. The highest BCUT2D eigenvalue weighted by Crippen LogP contribution is 2.21. The summed E-state index contributed by atoms with van der Waals surface area (Å²) in [6.45, 7) is 4.40. The molecule has 8 heteroatoms. The third-order valence-electron chi connectivity index (χ3n) is 3.66. The van der Waals surface area contributed by atoms with Crippen LogP contribution in [0.3, 0.4) is 0 Å². The molecule has 2 aromatic rings. The van der Waals surface area contributed by atoms with E-state index in [1.807, 2.05) is 38.1 Å². The minimum atomic E-state index is -3.66. The van der Waals surface area contributed by atoms with E-state index >= 15 is 0 Å². The topological polar surface area (TPSA) is 78.5 Å². The molecule has 0 saturated heterocycles. The Morgan fingerprint density at radius 3 is 2.36 bits per heavy atom. The number of aryl methyl sites for hydroxylation is 1. The van der Waals surface area contributed by atoms with Crippen LogP contribution in [-0.2, 0) is 10.0 Å². The van der Waals surface area contributed by atoms with Crippen LogP contribution in [0.25, 0.3) is 0 Å². The van der Waals surface area contributed by atoms with Gasteiger partial charge in [0.05, 0.1) is 21.2 Å². The van der Waals surface area contributed by atoms with Crippen LogP contribution in [0.2, 0.25) is 5.02 Å². The molecule has 0 heterocycles. The number of anilines is 1. The second-order valence-corrected chi connectivity index (χ2v) is 7.66. The Labute approximate surface area is 152 Å². The van der Waals surface area contributed by atoms with Gasteiger partial charge < -0.3 is 0 Å². The van der Waals surface area contributed by atoms with Crippen molar-refractivity contribution in [2.45, 2.75) is 18.7 Å². The van der Waals surface area contributed by atoms with Gasteiger partial charge in [-0.3, -0.25) is 15.2 Å². The Hall–Kier alpha value is -2.09. The first-order valence-corrected chi connectivity index (χ1v) is 9.53. The van der Waals surface area contributed by atoms with Gasteiger partial charge in [-0.1, -0.05) is 29.3 Å². The number of hydrazine groups is 1. The molecule has 2 rings (SSSR count). The Balaban J connectivity index is 2.30. The predicted octanol–water partition coefficient (Wildman–Crippen LogP) is 2.73. The second-order valence-electron chi connectivity index (χ2n) is 5.37. The van der Waals surface area contributed by atoms with Crippen molar-refractivity contribution in [2.75, 3.05) is 18.6 Å². The van der Waals surface area contributed by atoms with Gasteiger partial charge >= 0.3 is 0 Å². The molecule has 0 aliphatic heterocycles. The Morgan fingerprint density at radius 2 is 1.80 bits per heavy atom. The Morgan fingerprint density at radius 1 is 1.16 bits per heavy atom. The minimum absolute atomic E-state index is 0.0251. The highest BCUT2D eigenvalue weighted by molar-refractivity contribution is 7.89. The number of amides is 1. The zero-order valence-corrected chi connectivity index (χ0v) is 15.8. The number of sulfonamides is 1. The van der Waals surface area contributed by atoms with E-state index in [0.717, 1.165) is 11.3 Å². The largest absolute Gasteiger partial charge is 0.286 e. The van der Waals surface area contributed by atoms with Crippen LogP contribution in [0, 0.1) is 6.92 Å². The minimum Gasteiger partial charge on any atom is -0.286 e. The normalized spacial score (nSPS) is 11.2. The average molecular weight is 382 g/mol. The molecule has 0 spiro atoms. The summed E-state index contributed by atoms with van der Waals surface area (Å²) in [6.07, 6.45) is 0. The monoisotopic (exact) mass is 381 g/mol. The van der Waals surface area contributed by atoms with Crippen molar-refractivity contribution >= 4 is 33.2 Å². The molecule has 0 radical (unpaired) electrons. The van der Waals surface area contributed by atoms with E-state index in [0.29, 0.717) is 6.54 Å². The molecule has 1 amide bonds. The van der Waals surface area contributed by atoms with Crippen LogP contribution in [0.5, 0.6) is 0 Å². The van der Waals surface area contributed by atoms with Crippen LogP contribution in [-0.4, -0.2) is 27.9 Å². The second kappa shape index (κ2) is 7.86. The van der Waals surface area contributed by atoms with Crippen molar-refractivity contribution in [1.82, 2.24) is 10.1 Å². The summed E-state index contributed by atoms with van der Waals surface area (Å²) in [5.74, 6) is -0.486. The predicted molar refractivity (Wildman–Crippen MR) is 99.4 cm³/mol. The van der Waals surface area contributed by atoms with Crippen molar-refractivity contribution < 1.29 is 13.2 Å². The number of carbonyl (C=O) groups is 1. The maximum atomic E-state index is 12.6. The summed E-state index contributed by atoms with van der Waals surface area (Å²) in [4.78, 5) is 12.6. The fraction of sp³-hybridized carbons (Fsp3) is 0.235. The van der Waals surface area contributed by atoms with E-state index in [9.17, 15) is 13.2 Å². The van der Waals surface area contributed by atoms with E-state index in [-0.39, 0.29) is 15.5 Å². The van der Waals surface area contributed by atoms with Crippen LogP contribution < -0.4 is 15.2 Å². The first kappa shape index (κ1) is 19.2. The smallest absolute Gasteiger partial charge is 0.271 e. The Bertz CT molecular complexity index is 867. The van der Waals surface area contributed by atoms with E-state index in [4.69, 9.17) is 11.6 Å². The van der Waals surface area contributed by atoms with Gasteiger partial charge in [-0.2, -0.15) is 0 Å². The number of nitrogens with one attached hydrogen (secondary N) is 2. The molecule has 0 atom stereocenters. The quantitative estimate of drug-likeness (QED) is 0.754. The van der Waals surface area contributed by atoms with Crippen molar-refractivity contribution in [2.24, 2.45) is 0 Å². The van der Waals surface area contributed by atoms with Gasteiger partial charge in [0.1, 0.15) is 0 Å². The van der Waals surface area contributed by atoms with Gasteiger partial charge in [-0.05, 0) is 51.2 Å². The summed E-state index contributed by atoms with van der Waals surface area (Å²) in [7, 11) is -2.36. The van der Waals surface area contributed by atoms with Crippen molar-refractivity contribution in [1.29, 1.82) is 0 Å². The van der Waals surface area contributed by atoms with E-state index in [1.54, 1.807) is 5.01 Å². The molecule has 0 aliphatic carbocycles. The molecule has 0 fully saturated rings. The lowest BCUT2D eigenvalue weighted by Gasteiger charge is -2.24. The first-order valence-electron chi connectivity index (χ1n) is 7.66. The lowest BCUT2D eigenvalue weighted by molar-refractivity contribution is 0.0949. The maximum absolute atomic E-state index is 12.6. The van der Waals surface area contributed by atoms with Crippen LogP contribution in [0.15, 0.2) is 47.4 Å². The third-order valence-corrected chi connectivity index (χ3v) is 5.40. The van der Waals surface area contributed by atoms with Crippen LogP contribution in [0.4, 0.5) is 5.69 Å². The number of benzene rings is 2. The molecule has 6 nitrogen and oxygen atoms in total. The number of rotatable bonds is 6. The lowest BCUT2D eigenvalue weighted by atomic mass is 10.2. The molecular formula is C17H20ClN3O3S. The molecule has 2 N–H and O–H groups in total. The van der Waals surface area contributed by atoms with Gasteiger partial charge in [0.25, 0.3) is 5.91 Å². The summed E-state index contributed by atoms with van der Waals surface area (Å²) in [5.41, 5.74) is 4.76. The van der Waals surface area contributed by atoms with Crippen LogP contribution in [0.1, 0.15) is 22.8 Å². The van der Waals surface area contributed by atoms with Crippen molar-refractivity contribution in [3.05, 3.63) is 58.6 Å². The molecule has 0 unspecified atom stereocenters. The molecule has 25 heavy (non-hydrogen) atoms. The number of carbonyl (C=O) groups excluding carboxylic acids is 1. The van der Waals surface area contributed by atoms with E-state index < -0.39 is 15.9 Å². The highest BCUT2D eigenvalue weighted by Gasteiger charge is 2.19. The van der Waals surface area contributed by atoms with Crippen molar-refractivity contribution in [3.63, 3.8) is 0 Å². The van der Waals surface area contributed by atoms with E-state index in [2.05, 4.69) is 10.1 Å². The van der Waals surface area contributed by atoms with Gasteiger partial charge in [0, 0.05) is 6.54 Å². The van der Waals surface area contributed by atoms with Gasteiger partial charge in [0.2, 0.25) is 10.0 Å². The summed E-state index contributed by atoms with van der Waals surface area (Å²) in [6, 6.07) is 11.7. The highest BCUT2D eigenvalue weighted by atomic mass is 35.5. The molecule has 0 bridgehead atoms. The number of hydrogen-bond acceptors (Lipinski definition) is 4. The van der Waals surface area contributed by atoms with Gasteiger partial charge in [0.15, 0.2) is 0 Å². The SMILES string of the molecule is CCN(NC(=O)c1cc(S(=O)(=O)NC)ccc1Cl)c1ccc(C)cc1. The fourth-order valence-electron chi connectivity index (χ4n) is 2.20. The molecule has 0 aliphatic rings.